The Labute approximate surface area is 146 Å². The van der Waals surface area contributed by atoms with Gasteiger partial charge in [-0.25, -0.2) is 9.98 Å². The van der Waals surface area contributed by atoms with Gasteiger partial charge in [0.2, 0.25) is 0 Å². The van der Waals surface area contributed by atoms with Crippen LogP contribution in [0.2, 0.25) is 0 Å². The zero-order valence-electron chi connectivity index (χ0n) is 12.7. The van der Waals surface area contributed by atoms with E-state index in [1.54, 1.807) is 11.3 Å². The molecule has 6 heteroatoms. The minimum absolute atomic E-state index is 0. The number of aliphatic imine (C=N–C) groups is 1. The Kier molecular flexibility index (Phi) is 6.60. The van der Waals surface area contributed by atoms with Crippen molar-refractivity contribution in [1.29, 1.82) is 0 Å². The first-order chi connectivity index (χ1) is 9.45. The first kappa shape index (κ1) is 17.9. The molecule has 3 N–H and O–H groups in total. The third kappa shape index (κ3) is 4.96. The zero-order chi connectivity index (χ0) is 14.7. The number of nitrogens with one attached hydrogen (secondary N) is 1. The van der Waals surface area contributed by atoms with Gasteiger partial charge in [-0.05, 0) is 51.0 Å². The molecule has 0 fully saturated rings. The van der Waals surface area contributed by atoms with E-state index in [-0.39, 0.29) is 24.0 Å². The molecule has 0 saturated heterocycles. The van der Waals surface area contributed by atoms with Crippen molar-refractivity contribution < 1.29 is 0 Å². The zero-order valence-corrected chi connectivity index (χ0v) is 15.9. The Morgan fingerprint density at radius 1 is 1.24 bits per heavy atom. The number of rotatable bonds is 3. The molecule has 0 atom stereocenters. The highest BCUT2D eigenvalue weighted by Crippen LogP contribution is 2.17. The summed E-state index contributed by atoms with van der Waals surface area (Å²) >= 11 is 1.67. The van der Waals surface area contributed by atoms with Crippen LogP contribution in [0.15, 0.2) is 23.2 Å². The number of thiazole rings is 1. The van der Waals surface area contributed by atoms with Crippen molar-refractivity contribution in [3.63, 3.8) is 0 Å². The highest BCUT2D eigenvalue weighted by atomic mass is 127. The standard InChI is InChI=1S/C15H20N4S.HI/c1-9-5-6-13(7-10(9)2)19-15(16)17-8-14-18-11(3)12(4)20-14;/h5-7H,8H2,1-4H3,(H3,16,17,19);1H. The van der Waals surface area contributed by atoms with Gasteiger partial charge in [0.15, 0.2) is 5.96 Å². The minimum Gasteiger partial charge on any atom is -0.370 e. The Morgan fingerprint density at radius 3 is 2.52 bits per heavy atom. The van der Waals surface area contributed by atoms with Crippen molar-refractivity contribution in [1.82, 2.24) is 4.98 Å². The van der Waals surface area contributed by atoms with Gasteiger partial charge in [-0.1, -0.05) is 6.07 Å². The van der Waals surface area contributed by atoms with Gasteiger partial charge in [-0.15, -0.1) is 35.3 Å². The smallest absolute Gasteiger partial charge is 0.193 e. The number of aromatic nitrogens is 1. The minimum atomic E-state index is 0. The predicted molar refractivity (Wildman–Crippen MR) is 102 cm³/mol. The lowest BCUT2D eigenvalue weighted by molar-refractivity contribution is 1.01. The van der Waals surface area contributed by atoms with E-state index in [0.717, 1.165) is 16.4 Å². The van der Waals surface area contributed by atoms with Gasteiger partial charge in [-0.3, -0.25) is 0 Å². The number of anilines is 1. The number of hydrogen-bond donors (Lipinski definition) is 2. The lowest BCUT2D eigenvalue weighted by Gasteiger charge is -2.07. The Hall–Kier alpha value is -1.15. The molecule has 0 amide bonds. The fourth-order valence-electron chi connectivity index (χ4n) is 1.77. The first-order valence-electron chi connectivity index (χ1n) is 6.53. The maximum atomic E-state index is 5.90. The lowest BCUT2D eigenvalue weighted by Crippen LogP contribution is -2.22. The van der Waals surface area contributed by atoms with Gasteiger partial charge in [0.1, 0.15) is 5.01 Å². The fraction of sp³-hybridized carbons (Fsp3) is 0.333. The summed E-state index contributed by atoms with van der Waals surface area (Å²) in [5.74, 6) is 0.416. The van der Waals surface area contributed by atoms with Crippen LogP contribution in [0.5, 0.6) is 0 Å². The van der Waals surface area contributed by atoms with Crippen molar-refractivity contribution in [2.75, 3.05) is 5.32 Å². The summed E-state index contributed by atoms with van der Waals surface area (Å²) < 4.78 is 0. The topological polar surface area (TPSA) is 63.3 Å². The van der Waals surface area contributed by atoms with Crippen LogP contribution >= 0.6 is 35.3 Å². The number of hydrogen-bond acceptors (Lipinski definition) is 3. The van der Waals surface area contributed by atoms with Gasteiger partial charge < -0.3 is 11.1 Å². The molecule has 0 radical (unpaired) electrons. The molecule has 2 aromatic rings. The second-order valence-electron chi connectivity index (χ2n) is 4.87. The van der Waals surface area contributed by atoms with E-state index in [1.165, 1.54) is 16.0 Å². The van der Waals surface area contributed by atoms with Crippen LogP contribution in [0.3, 0.4) is 0 Å². The van der Waals surface area contributed by atoms with Gasteiger partial charge in [-0.2, -0.15) is 0 Å². The van der Waals surface area contributed by atoms with Crippen molar-refractivity contribution in [3.05, 3.63) is 44.9 Å². The molecule has 21 heavy (non-hydrogen) atoms. The summed E-state index contributed by atoms with van der Waals surface area (Å²) in [4.78, 5) is 10.0. The second-order valence-corrected chi connectivity index (χ2v) is 6.16. The highest BCUT2D eigenvalue weighted by molar-refractivity contribution is 14.0. The molecule has 1 heterocycles. The van der Waals surface area contributed by atoms with E-state index >= 15 is 0 Å². The van der Waals surface area contributed by atoms with Crippen LogP contribution < -0.4 is 11.1 Å². The average Bonchev–Trinajstić information content (AvgIpc) is 2.71. The van der Waals surface area contributed by atoms with Crippen LogP contribution in [0.25, 0.3) is 0 Å². The molecule has 0 aliphatic rings. The van der Waals surface area contributed by atoms with Crippen LogP contribution in [-0.4, -0.2) is 10.9 Å². The summed E-state index contributed by atoms with van der Waals surface area (Å²) in [5.41, 5.74) is 10.4. The first-order valence-corrected chi connectivity index (χ1v) is 7.34. The van der Waals surface area contributed by atoms with Gasteiger partial charge >= 0.3 is 0 Å². The molecule has 1 aromatic carbocycles. The molecule has 0 bridgehead atoms. The number of nitrogens with zero attached hydrogens (tertiary/aromatic N) is 2. The van der Waals surface area contributed by atoms with Gasteiger partial charge in [0.25, 0.3) is 0 Å². The van der Waals surface area contributed by atoms with Crippen molar-refractivity contribution in [2.45, 2.75) is 34.2 Å². The van der Waals surface area contributed by atoms with Crippen molar-refractivity contribution in [3.8, 4) is 0 Å². The third-order valence-corrected chi connectivity index (χ3v) is 4.29. The summed E-state index contributed by atoms with van der Waals surface area (Å²) in [6.45, 7) is 8.76. The lowest BCUT2D eigenvalue weighted by atomic mass is 10.1. The maximum absolute atomic E-state index is 5.90. The molecule has 0 aliphatic heterocycles. The molecule has 0 aliphatic carbocycles. The molecule has 0 unspecified atom stereocenters. The second kappa shape index (κ2) is 7.74. The highest BCUT2D eigenvalue weighted by Gasteiger charge is 2.03. The summed E-state index contributed by atoms with van der Waals surface area (Å²) in [6.07, 6.45) is 0. The molecular weight excluding hydrogens is 395 g/mol. The third-order valence-electron chi connectivity index (χ3n) is 3.24. The van der Waals surface area contributed by atoms with Crippen LogP contribution in [-0.2, 0) is 6.54 Å². The quantitative estimate of drug-likeness (QED) is 0.453. The number of halogens is 1. The number of aryl methyl sites for hydroxylation is 4. The van der Waals surface area contributed by atoms with E-state index < -0.39 is 0 Å². The number of benzene rings is 1. The largest absolute Gasteiger partial charge is 0.370 e. The van der Waals surface area contributed by atoms with Gasteiger partial charge in [0, 0.05) is 10.6 Å². The van der Waals surface area contributed by atoms with Crippen LogP contribution in [0.1, 0.15) is 26.7 Å². The predicted octanol–water partition coefficient (Wildman–Crippen LogP) is 3.92. The van der Waals surface area contributed by atoms with E-state index in [2.05, 4.69) is 48.2 Å². The van der Waals surface area contributed by atoms with E-state index in [0.29, 0.717) is 12.5 Å². The summed E-state index contributed by atoms with van der Waals surface area (Å²) in [6, 6.07) is 6.14. The summed E-state index contributed by atoms with van der Waals surface area (Å²) in [5, 5.41) is 4.10. The maximum Gasteiger partial charge on any atom is 0.193 e. The van der Waals surface area contributed by atoms with Crippen LogP contribution in [0.4, 0.5) is 5.69 Å². The molecular formula is C15H21IN4S. The number of guanidine groups is 1. The van der Waals surface area contributed by atoms with E-state index in [1.807, 2.05) is 13.0 Å². The molecule has 4 nitrogen and oxygen atoms in total. The normalized spacial score (nSPS) is 11.1. The fourth-order valence-corrected chi connectivity index (χ4v) is 2.62. The summed E-state index contributed by atoms with van der Waals surface area (Å²) in [7, 11) is 0. The average molecular weight is 416 g/mol. The molecule has 114 valence electrons. The molecule has 0 spiro atoms. The Balaban J connectivity index is 0.00000220. The molecule has 0 saturated carbocycles. The van der Waals surface area contributed by atoms with E-state index in [9.17, 15) is 0 Å². The Morgan fingerprint density at radius 2 is 1.95 bits per heavy atom. The molecule has 2 rings (SSSR count). The van der Waals surface area contributed by atoms with Crippen molar-refractivity contribution in [2.24, 2.45) is 10.7 Å². The van der Waals surface area contributed by atoms with Gasteiger partial charge in [0.05, 0.1) is 12.2 Å². The SMILES string of the molecule is Cc1ccc(NC(N)=NCc2nc(C)c(C)s2)cc1C.I. The Bertz CT molecular complexity index is 630. The van der Waals surface area contributed by atoms with Crippen molar-refractivity contribution >= 4 is 47.0 Å². The van der Waals surface area contributed by atoms with Crippen LogP contribution in [0, 0.1) is 27.7 Å². The molecule has 1 aromatic heterocycles. The monoisotopic (exact) mass is 416 g/mol. The number of nitrogens with two attached hydrogens (primary N) is 1. The van der Waals surface area contributed by atoms with E-state index in [4.69, 9.17) is 5.73 Å².